The SMILES string of the molecule is [2H]c1c([2H])c([2H])c2c(oc3c2c([2H])c([2H])c2c3c3c([2H])c([2H])c([2H])c([2H])c3n2-c2nc(-c3ccc(-c4ccccc4)cc3)nc(-c3c([2H])c([2H])c([2H])c4sc5c([2H])c([2H])c([2H])c([2H])c5c34)n2)c1[2H]. The summed E-state index contributed by atoms with van der Waals surface area (Å²) in [5, 5.41) is -0.891. The molecule has 0 unspecified atom stereocenters. The zero-order valence-electron chi connectivity index (χ0n) is 42.8. The first-order valence-corrected chi connectivity index (χ1v) is 16.4. The number of fused-ring (bicyclic) bond motifs is 10. The normalized spacial score (nSPS) is 16.6. The van der Waals surface area contributed by atoms with Gasteiger partial charge in [-0.25, -0.2) is 4.98 Å². The molecule has 11 aromatic rings. The van der Waals surface area contributed by atoms with Gasteiger partial charge in [-0.1, -0.05) is 121 Å². The molecule has 4 aromatic heterocycles. The molecule has 0 atom stereocenters. The van der Waals surface area contributed by atoms with Crippen LogP contribution in [0.1, 0.15) is 23.3 Å². The molecular weight excluding hydrogens is 645 g/mol. The van der Waals surface area contributed by atoms with E-state index in [1.54, 1.807) is 24.3 Å². The topological polar surface area (TPSA) is 56.7 Å². The largest absolute Gasteiger partial charge is 0.455 e. The fourth-order valence-corrected chi connectivity index (χ4v) is 7.42. The van der Waals surface area contributed by atoms with Crippen molar-refractivity contribution in [1.82, 2.24) is 19.5 Å². The van der Waals surface area contributed by atoms with Crippen molar-refractivity contribution in [2.75, 3.05) is 0 Å². The predicted octanol–water partition coefficient (Wildman–Crippen LogP) is 12.2. The number of benzene rings is 7. The quantitative estimate of drug-likeness (QED) is 0.185. The minimum Gasteiger partial charge on any atom is -0.455 e. The van der Waals surface area contributed by atoms with Gasteiger partial charge in [0.1, 0.15) is 11.2 Å². The third kappa shape index (κ3) is 4.30. The van der Waals surface area contributed by atoms with Gasteiger partial charge >= 0.3 is 0 Å². The molecule has 0 bridgehead atoms. The van der Waals surface area contributed by atoms with E-state index in [1.807, 2.05) is 30.3 Å². The smallest absolute Gasteiger partial charge is 0.238 e. The average molecular weight is 688 g/mol. The fourth-order valence-electron chi connectivity index (χ4n) is 6.45. The van der Waals surface area contributed by atoms with Crippen molar-refractivity contribution in [1.29, 1.82) is 0 Å². The van der Waals surface area contributed by atoms with Crippen LogP contribution in [0, 0.1) is 0 Å². The Morgan fingerprint density at radius 1 is 0.510 bits per heavy atom. The summed E-state index contributed by atoms with van der Waals surface area (Å²) in [7, 11) is 0. The van der Waals surface area contributed by atoms with Gasteiger partial charge in [0.25, 0.3) is 0 Å². The Kier molecular flexibility index (Phi) is 3.51. The molecule has 0 N–H and O–H groups in total. The highest BCUT2D eigenvalue weighted by Gasteiger charge is 2.22. The van der Waals surface area contributed by atoms with E-state index in [-0.39, 0.29) is 81.1 Å². The van der Waals surface area contributed by atoms with Crippen molar-refractivity contribution >= 4 is 75.3 Å². The standard InChI is InChI=1S/C45H26N4OS/c1-2-11-27(12-3-1)28-21-23-29(24-22-28)43-46-44(34-16-10-20-39-40(34)33-15-6-9-19-38(33)51-39)48-45(47-43)49-35-17-7-4-14-32(35)41-36(49)26-25-31-30-13-5-8-18-37(30)50-42(31)41/h1-26H/i4D,5D,6D,7D,8D,9D,10D,13D,14D,15D,16D,17D,18D,19D,20D,25D,26D. The number of rotatable bonds is 4. The van der Waals surface area contributed by atoms with Gasteiger partial charge < -0.3 is 4.42 Å². The van der Waals surface area contributed by atoms with E-state index in [4.69, 9.17) is 35.8 Å². The molecule has 5 nitrogen and oxygen atoms in total. The lowest BCUT2D eigenvalue weighted by molar-refractivity contribution is 0.673. The van der Waals surface area contributed by atoms with Gasteiger partial charge in [0, 0.05) is 47.5 Å². The summed E-state index contributed by atoms with van der Waals surface area (Å²) in [4.78, 5) is 14.5. The van der Waals surface area contributed by atoms with Gasteiger partial charge in [-0.15, -0.1) is 11.3 Å². The van der Waals surface area contributed by atoms with E-state index in [0.29, 0.717) is 5.56 Å². The number of hydrogen-bond acceptors (Lipinski definition) is 5. The summed E-state index contributed by atoms with van der Waals surface area (Å²) in [6.45, 7) is 0. The highest BCUT2D eigenvalue weighted by Crippen LogP contribution is 2.42. The highest BCUT2D eigenvalue weighted by atomic mass is 32.1. The Morgan fingerprint density at radius 2 is 1.22 bits per heavy atom. The first kappa shape index (κ1) is 16.4. The Bertz CT molecular complexity index is 4120. The molecular formula is C45H26N4OS. The summed E-state index contributed by atoms with van der Waals surface area (Å²) in [5.41, 5.74) is 0.633. The zero-order chi connectivity index (χ0) is 48.3. The molecule has 7 aromatic carbocycles. The van der Waals surface area contributed by atoms with Crippen LogP contribution in [0.4, 0.5) is 0 Å². The predicted molar refractivity (Wildman–Crippen MR) is 211 cm³/mol. The van der Waals surface area contributed by atoms with Gasteiger partial charge in [0.15, 0.2) is 11.6 Å². The van der Waals surface area contributed by atoms with Crippen LogP contribution in [0.3, 0.4) is 0 Å². The van der Waals surface area contributed by atoms with Crippen molar-refractivity contribution in [3.05, 3.63) is 157 Å². The van der Waals surface area contributed by atoms with E-state index in [1.165, 1.54) is 0 Å². The summed E-state index contributed by atoms with van der Waals surface area (Å²) in [6.07, 6.45) is 0. The van der Waals surface area contributed by atoms with Crippen LogP contribution in [0.25, 0.3) is 104 Å². The molecule has 0 aliphatic heterocycles. The molecule has 6 heteroatoms. The van der Waals surface area contributed by atoms with Gasteiger partial charge in [-0.2, -0.15) is 9.97 Å². The molecule has 0 aliphatic rings. The molecule has 0 radical (unpaired) electrons. The maximum absolute atomic E-state index is 9.59. The monoisotopic (exact) mass is 687 g/mol. The molecule has 4 heterocycles. The van der Waals surface area contributed by atoms with E-state index < -0.39 is 109 Å². The summed E-state index contributed by atoms with van der Waals surface area (Å²) >= 11 is 0.837. The fraction of sp³-hybridized carbons (Fsp3) is 0. The molecule has 0 aliphatic carbocycles. The number of para-hydroxylation sites is 2. The molecule has 0 saturated carbocycles. The minimum absolute atomic E-state index is 0.0202. The van der Waals surface area contributed by atoms with Gasteiger partial charge in [0.05, 0.1) is 39.7 Å². The molecule has 0 amide bonds. The van der Waals surface area contributed by atoms with Crippen LogP contribution in [-0.2, 0) is 0 Å². The van der Waals surface area contributed by atoms with Crippen LogP contribution < -0.4 is 0 Å². The Morgan fingerprint density at radius 3 is 2.10 bits per heavy atom. The maximum atomic E-state index is 9.59. The molecule has 0 spiro atoms. The zero-order valence-corrected chi connectivity index (χ0v) is 26.6. The summed E-state index contributed by atoms with van der Waals surface area (Å²) in [6, 6.07) is 6.68. The Hall–Kier alpha value is -6.63. The third-order valence-corrected chi connectivity index (χ3v) is 9.73. The Balaban J connectivity index is 1.34. The van der Waals surface area contributed by atoms with Crippen LogP contribution in [-0.4, -0.2) is 19.5 Å². The van der Waals surface area contributed by atoms with Crippen molar-refractivity contribution in [3.8, 4) is 39.9 Å². The molecule has 51 heavy (non-hydrogen) atoms. The Labute approximate surface area is 319 Å². The second-order valence-electron chi connectivity index (χ2n) is 11.5. The van der Waals surface area contributed by atoms with E-state index >= 15 is 0 Å². The summed E-state index contributed by atoms with van der Waals surface area (Å²) < 4.78 is 158. The van der Waals surface area contributed by atoms with Gasteiger partial charge in [0.2, 0.25) is 5.95 Å². The van der Waals surface area contributed by atoms with Crippen molar-refractivity contribution < 1.29 is 27.7 Å². The molecule has 0 saturated heterocycles. The van der Waals surface area contributed by atoms with Gasteiger partial charge in [-0.3, -0.25) is 4.57 Å². The molecule has 238 valence electrons. The number of nitrogens with zero attached hydrogens (tertiary/aromatic N) is 4. The second-order valence-corrected chi connectivity index (χ2v) is 12.5. The van der Waals surface area contributed by atoms with E-state index in [2.05, 4.69) is 0 Å². The third-order valence-electron chi connectivity index (χ3n) is 8.71. The molecule has 0 fully saturated rings. The minimum atomic E-state index is -0.700. The van der Waals surface area contributed by atoms with Crippen LogP contribution in [0.5, 0.6) is 0 Å². The lowest BCUT2D eigenvalue weighted by Crippen LogP contribution is -2.06. The van der Waals surface area contributed by atoms with Crippen molar-refractivity contribution in [2.45, 2.75) is 0 Å². The van der Waals surface area contributed by atoms with Crippen molar-refractivity contribution in [3.63, 3.8) is 0 Å². The lowest BCUT2D eigenvalue weighted by atomic mass is 10.0. The van der Waals surface area contributed by atoms with E-state index in [9.17, 15) is 6.85 Å². The number of hydrogen-bond donors (Lipinski definition) is 0. The number of furan rings is 1. The maximum Gasteiger partial charge on any atom is 0.238 e. The average Bonchev–Trinajstić information content (AvgIpc) is 4.05. The van der Waals surface area contributed by atoms with Crippen LogP contribution in [0.15, 0.2) is 162 Å². The second kappa shape index (κ2) is 10.9. The number of aromatic nitrogens is 4. The first-order chi connectivity index (χ1) is 32.3. The lowest BCUT2D eigenvalue weighted by Gasteiger charge is -2.12. The first-order valence-electron chi connectivity index (χ1n) is 24.1. The molecule has 11 rings (SSSR count). The summed E-state index contributed by atoms with van der Waals surface area (Å²) in [5.74, 6) is -0.873. The van der Waals surface area contributed by atoms with Crippen LogP contribution in [0.2, 0.25) is 0 Å². The van der Waals surface area contributed by atoms with E-state index in [0.717, 1.165) is 27.0 Å². The van der Waals surface area contributed by atoms with Crippen molar-refractivity contribution in [2.24, 2.45) is 0 Å². The number of thiophene rings is 1. The van der Waals surface area contributed by atoms with Crippen LogP contribution >= 0.6 is 11.3 Å². The highest BCUT2D eigenvalue weighted by molar-refractivity contribution is 7.25. The van der Waals surface area contributed by atoms with Gasteiger partial charge in [-0.05, 0) is 47.4 Å².